The molecule has 0 aromatic heterocycles. The predicted octanol–water partition coefficient (Wildman–Crippen LogP) is 3.86. The van der Waals surface area contributed by atoms with Crippen molar-refractivity contribution in [2.24, 2.45) is 5.92 Å². The van der Waals surface area contributed by atoms with Gasteiger partial charge in [0, 0.05) is 24.8 Å². The number of benzene rings is 2. The number of aryl methyl sites for hydroxylation is 1. The van der Waals surface area contributed by atoms with Gasteiger partial charge in [-0.3, -0.25) is 9.69 Å². The minimum atomic E-state index is -0.00310. The summed E-state index contributed by atoms with van der Waals surface area (Å²) in [4.78, 5) is 15.1. The first-order valence-electron chi connectivity index (χ1n) is 9.40. The molecule has 1 unspecified atom stereocenters. The molecular formula is C22H28N2O3. The summed E-state index contributed by atoms with van der Waals surface area (Å²) < 4.78 is 10.6. The molecule has 1 atom stereocenters. The minimum Gasteiger partial charge on any atom is -0.493 e. The molecule has 1 saturated heterocycles. The van der Waals surface area contributed by atoms with Gasteiger partial charge in [-0.2, -0.15) is 0 Å². The Kier molecular flexibility index (Phi) is 6.35. The molecule has 1 heterocycles. The van der Waals surface area contributed by atoms with Crippen molar-refractivity contribution in [2.75, 3.05) is 32.6 Å². The van der Waals surface area contributed by atoms with Crippen molar-refractivity contribution in [1.82, 2.24) is 4.90 Å². The molecule has 144 valence electrons. The highest BCUT2D eigenvalue weighted by Gasteiger charge is 2.26. The second-order valence-electron chi connectivity index (χ2n) is 7.12. The summed E-state index contributed by atoms with van der Waals surface area (Å²) in [5.74, 6) is 1.32. The first-order valence-corrected chi connectivity index (χ1v) is 9.40. The number of nitrogens with zero attached hydrogens (tertiary/aromatic N) is 1. The smallest absolute Gasteiger partial charge is 0.228 e. The number of ether oxygens (including phenoxy) is 2. The molecule has 2 aromatic carbocycles. The Bertz CT molecular complexity index is 791. The molecule has 1 N–H and O–H groups in total. The van der Waals surface area contributed by atoms with Crippen LogP contribution in [0.4, 0.5) is 5.69 Å². The van der Waals surface area contributed by atoms with Crippen LogP contribution in [0.3, 0.4) is 0 Å². The van der Waals surface area contributed by atoms with Gasteiger partial charge >= 0.3 is 0 Å². The molecule has 2 aromatic rings. The van der Waals surface area contributed by atoms with E-state index in [-0.39, 0.29) is 11.8 Å². The Morgan fingerprint density at radius 1 is 1.15 bits per heavy atom. The van der Waals surface area contributed by atoms with Crippen molar-refractivity contribution in [3.8, 4) is 11.5 Å². The van der Waals surface area contributed by atoms with Gasteiger partial charge in [-0.15, -0.1) is 0 Å². The van der Waals surface area contributed by atoms with Crippen LogP contribution >= 0.6 is 0 Å². The number of likely N-dealkylation sites (tertiary alicyclic amines) is 1. The van der Waals surface area contributed by atoms with E-state index in [9.17, 15) is 4.79 Å². The van der Waals surface area contributed by atoms with Gasteiger partial charge in [0.05, 0.1) is 20.1 Å². The lowest BCUT2D eigenvalue weighted by atomic mass is 9.96. The van der Waals surface area contributed by atoms with Gasteiger partial charge < -0.3 is 14.8 Å². The Balaban J connectivity index is 1.61. The van der Waals surface area contributed by atoms with Gasteiger partial charge in [-0.1, -0.05) is 29.8 Å². The van der Waals surface area contributed by atoms with E-state index in [2.05, 4.69) is 41.4 Å². The molecule has 1 fully saturated rings. The molecule has 1 amide bonds. The van der Waals surface area contributed by atoms with Gasteiger partial charge in [0.15, 0.2) is 11.5 Å². The quantitative estimate of drug-likeness (QED) is 0.841. The fraction of sp³-hybridized carbons (Fsp3) is 0.409. The molecule has 0 aliphatic carbocycles. The fourth-order valence-corrected chi connectivity index (χ4v) is 3.64. The topological polar surface area (TPSA) is 50.8 Å². The number of carbonyl (C=O) groups excluding carboxylic acids is 1. The maximum Gasteiger partial charge on any atom is 0.228 e. The van der Waals surface area contributed by atoms with E-state index in [4.69, 9.17) is 9.47 Å². The minimum absolute atomic E-state index is 0.00310. The van der Waals surface area contributed by atoms with E-state index in [1.807, 2.05) is 6.07 Å². The number of methoxy groups -OCH3 is 2. The van der Waals surface area contributed by atoms with Crippen molar-refractivity contribution >= 4 is 11.6 Å². The molecule has 1 aliphatic heterocycles. The first-order chi connectivity index (χ1) is 13.1. The lowest BCUT2D eigenvalue weighted by Gasteiger charge is -2.32. The number of nitrogens with one attached hydrogen (secondary N) is 1. The zero-order chi connectivity index (χ0) is 19.2. The summed E-state index contributed by atoms with van der Waals surface area (Å²) in [6.07, 6.45) is 1.96. The highest BCUT2D eigenvalue weighted by molar-refractivity contribution is 5.93. The molecule has 0 spiro atoms. The van der Waals surface area contributed by atoms with Crippen LogP contribution in [0.2, 0.25) is 0 Å². The zero-order valence-electron chi connectivity index (χ0n) is 16.3. The molecule has 5 nitrogen and oxygen atoms in total. The Morgan fingerprint density at radius 2 is 1.96 bits per heavy atom. The molecular weight excluding hydrogens is 340 g/mol. The molecule has 5 heteroatoms. The number of hydrogen-bond donors (Lipinski definition) is 1. The van der Waals surface area contributed by atoms with Gasteiger partial charge in [-0.25, -0.2) is 0 Å². The van der Waals surface area contributed by atoms with Crippen LogP contribution in [0.25, 0.3) is 0 Å². The van der Waals surface area contributed by atoms with Gasteiger partial charge in [-0.05, 0) is 44.0 Å². The monoisotopic (exact) mass is 368 g/mol. The van der Waals surface area contributed by atoms with Crippen LogP contribution in [0.15, 0.2) is 42.5 Å². The normalized spacial score (nSPS) is 17.4. The van der Waals surface area contributed by atoms with Crippen molar-refractivity contribution in [1.29, 1.82) is 0 Å². The number of hydrogen-bond acceptors (Lipinski definition) is 4. The van der Waals surface area contributed by atoms with Crippen LogP contribution in [0.1, 0.15) is 24.0 Å². The highest BCUT2D eigenvalue weighted by Crippen LogP contribution is 2.30. The fourth-order valence-electron chi connectivity index (χ4n) is 3.64. The number of amides is 1. The lowest BCUT2D eigenvalue weighted by Crippen LogP contribution is -2.40. The lowest BCUT2D eigenvalue weighted by molar-refractivity contribution is -0.121. The van der Waals surface area contributed by atoms with E-state index < -0.39 is 0 Å². The third-order valence-corrected chi connectivity index (χ3v) is 5.02. The average Bonchev–Trinajstić information content (AvgIpc) is 2.68. The molecule has 27 heavy (non-hydrogen) atoms. The predicted molar refractivity (Wildman–Crippen MR) is 107 cm³/mol. The van der Waals surface area contributed by atoms with Gasteiger partial charge in [0.2, 0.25) is 5.91 Å². The van der Waals surface area contributed by atoms with Crippen LogP contribution in [0, 0.1) is 12.8 Å². The summed E-state index contributed by atoms with van der Waals surface area (Å²) in [5.41, 5.74) is 3.30. The summed E-state index contributed by atoms with van der Waals surface area (Å²) in [6, 6.07) is 14.0. The molecule has 0 radical (unpaired) electrons. The number of carbonyl (C=O) groups is 1. The maximum absolute atomic E-state index is 12.8. The summed E-state index contributed by atoms with van der Waals surface area (Å²) in [7, 11) is 3.19. The van der Waals surface area contributed by atoms with Crippen molar-refractivity contribution < 1.29 is 14.3 Å². The largest absolute Gasteiger partial charge is 0.493 e. The Labute approximate surface area is 161 Å². The molecule has 1 aliphatic rings. The third kappa shape index (κ3) is 5.01. The van der Waals surface area contributed by atoms with Crippen molar-refractivity contribution in [3.63, 3.8) is 0 Å². The average molecular weight is 368 g/mol. The van der Waals surface area contributed by atoms with Crippen LogP contribution in [-0.2, 0) is 11.3 Å². The van der Waals surface area contributed by atoms with Crippen LogP contribution in [-0.4, -0.2) is 38.1 Å². The maximum atomic E-state index is 12.8. The van der Waals surface area contributed by atoms with Crippen molar-refractivity contribution in [2.45, 2.75) is 26.3 Å². The SMILES string of the molecule is COc1ccc(NC(=O)C2CCCN(Cc3cccc(C)c3)C2)cc1OC. The number of piperidine rings is 1. The van der Waals surface area contributed by atoms with E-state index in [0.717, 1.165) is 38.2 Å². The zero-order valence-corrected chi connectivity index (χ0v) is 16.3. The third-order valence-electron chi connectivity index (χ3n) is 5.02. The molecule has 3 rings (SSSR count). The Morgan fingerprint density at radius 3 is 2.70 bits per heavy atom. The van der Waals surface area contributed by atoms with Gasteiger partial charge in [0.25, 0.3) is 0 Å². The Hall–Kier alpha value is -2.53. The second kappa shape index (κ2) is 8.91. The van der Waals surface area contributed by atoms with E-state index in [0.29, 0.717) is 11.5 Å². The highest BCUT2D eigenvalue weighted by atomic mass is 16.5. The van der Waals surface area contributed by atoms with E-state index in [1.54, 1.807) is 26.4 Å². The van der Waals surface area contributed by atoms with Crippen LogP contribution < -0.4 is 14.8 Å². The molecule has 0 bridgehead atoms. The molecule has 0 saturated carbocycles. The van der Waals surface area contributed by atoms with E-state index in [1.165, 1.54) is 11.1 Å². The number of rotatable bonds is 6. The standard InChI is InChI=1S/C22H28N2O3/c1-16-6-4-7-17(12-16)14-24-11-5-8-18(15-24)22(25)23-19-9-10-20(26-2)21(13-19)27-3/h4,6-7,9-10,12-13,18H,5,8,11,14-15H2,1-3H3,(H,23,25). The second-order valence-corrected chi connectivity index (χ2v) is 7.12. The number of anilines is 1. The van der Waals surface area contributed by atoms with Crippen LogP contribution in [0.5, 0.6) is 11.5 Å². The first kappa shape index (κ1) is 19.2. The van der Waals surface area contributed by atoms with Crippen molar-refractivity contribution in [3.05, 3.63) is 53.6 Å². The van der Waals surface area contributed by atoms with Gasteiger partial charge in [0.1, 0.15) is 0 Å². The summed E-state index contributed by atoms with van der Waals surface area (Å²) in [6.45, 7) is 4.82. The summed E-state index contributed by atoms with van der Waals surface area (Å²) >= 11 is 0. The summed E-state index contributed by atoms with van der Waals surface area (Å²) in [5, 5.41) is 3.03. The van der Waals surface area contributed by atoms with E-state index >= 15 is 0 Å².